The standard InChI is InChI=1S/C18H29NO2/c1-3-4-5-6-7-8-9-10-13-19-17-12-11-16(18(20)21)14-15(17)2/h11-12,14,19H,3-10,13H2,1-2H3,(H,20,21). The Morgan fingerprint density at radius 3 is 2.24 bits per heavy atom. The Morgan fingerprint density at radius 2 is 1.67 bits per heavy atom. The van der Waals surface area contributed by atoms with Gasteiger partial charge in [0, 0.05) is 12.2 Å². The summed E-state index contributed by atoms with van der Waals surface area (Å²) in [5.41, 5.74) is 2.39. The summed E-state index contributed by atoms with van der Waals surface area (Å²) in [6.45, 7) is 5.15. The molecular formula is C18H29NO2. The van der Waals surface area contributed by atoms with Crippen molar-refractivity contribution in [1.82, 2.24) is 0 Å². The molecule has 0 saturated heterocycles. The molecule has 0 atom stereocenters. The number of carboxylic acid groups (broad SMARTS) is 1. The van der Waals surface area contributed by atoms with Crippen LogP contribution < -0.4 is 5.32 Å². The van der Waals surface area contributed by atoms with Crippen molar-refractivity contribution >= 4 is 11.7 Å². The maximum Gasteiger partial charge on any atom is 0.335 e. The molecule has 21 heavy (non-hydrogen) atoms. The number of carbonyl (C=O) groups is 1. The first kappa shape index (κ1) is 17.5. The minimum absolute atomic E-state index is 0.352. The molecule has 0 saturated carbocycles. The molecule has 0 aliphatic rings. The van der Waals surface area contributed by atoms with Crippen molar-refractivity contribution in [3.05, 3.63) is 29.3 Å². The van der Waals surface area contributed by atoms with Gasteiger partial charge in [-0.25, -0.2) is 4.79 Å². The monoisotopic (exact) mass is 291 g/mol. The lowest BCUT2D eigenvalue weighted by Crippen LogP contribution is -2.04. The van der Waals surface area contributed by atoms with Crippen LogP contribution in [-0.4, -0.2) is 17.6 Å². The molecule has 0 heterocycles. The Labute approximate surface area is 128 Å². The molecule has 1 aromatic rings. The van der Waals surface area contributed by atoms with Crippen molar-refractivity contribution < 1.29 is 9.90 Å². The van der Waals surface area contributed by atoms with Crippen LogP contribution >= 0.6 is 0 Å². The smallest absolute Gasteiger partial charge is 0.335 e. The van der Waals surface area contributed by atoms with E-state index in [1.54, 1.807) is 12.1 Å². The van der Waals surface area contributed by atoms with Crippen LogP contribution in [0.15, 0.2) is 18.2 Å². The second-order valence-corrected chi connectivity index (χ2v) is 5.74. The van der Waals surface area contributed by atoms with Crippen molar-refractivity contribution in [3.63, 3.8) is 0 Å². The van der Waals surface area contributed by atoms with Crippen molar-refractivity contribution in [1.29, 1.82) is 0 Å². The summed E-state index contributed by atoms with van der Waals surface area (Å²) < 4.78 is 0. The third-order valence-corrected chi connectivity index (χ3v) is 3.82. The van der Waals surface area contributed by atoms with E-state index in [-0.39, 0.29) is 0 Å². The number of carboxylic acids is 1. The normalized spacial score (nSPS) is 10.6. The number of nitrogens with one attached hydrogen (secondary N) is 1. The lowest BCUT2D eigenvalue weighted by molar-refractivity contribution is 0.0697. The molecule has 0 fully saturated rings. The van der Waals surface area contributed by atoms with E-state index in [4.69, 9.17) is 5.11 Å². The van der Waals surface area contributed by atoms with E-state index < -0.39 is 5.97 Å². The minimum Gasteiger partial charge on any atom is -0.478 e. The van der Waals surface area contributed by atoms with E-state index in [0.717, 1.165) is 17.8 Å². The van der Waals surface area contributed by atoms with E-state index >= 15 is 0 Å². The summed E-state index contributed by atoms with van der Waals surface area (Å²) in [6, 6.07) is 5.24. The number of benzene rings is 1. The maximum absolute atomic E-state index is 10.9. The van der Waals surface area contributed by atoms with Gasteiger partial charge in [0.25, 0.3) is 0 Å². The van der Waals surface area contributed by atoms with Gasteiger partial charge in [0.15, 0.2) is 0 Å². The Morgan fingerprint density at radius 1 is 1.05 bits per heavy atom. The second kappa shape index (κ2) is 10.3. The van der Waals surface area contributed by atoms with E-state index in [0.29, 0.717) is 5.56 Å². The number of aryl methyl sites for hydroxylation is 1. The largest absolute Gasteiger partial charge is 0.478 e. The third-order valence-electron chi connectivity index (χ3n) is 3.82. The molecule has 0 amide bonds. The van der Waals surface area contributed by atoms with Crippen LogP contribution in [0.4, 0.5) is 5.69 Å². The highest BCUT2D eigenvalue weighted by Crippen LogP contribution is 2.17. The molecule has 0 bridgehead atoms. The summed E-state index contributed by atoms with van der Waals surface area (Å²) in [5, 5.41) is 12.3. The molecule has 0 aromatic heterocycles. The van der Waals surface area contributed by atoms with Gasteiger partial charge in [-0.3, -0.25) is 0 Å². The molecule has 0 aliphatic heterocycles. The van der Waals surface area contributed by atoms with Gasteiger partial charge in [-0.1, -0.05) is 51.9 Å². The van der Waals surface area contributed by atoms with Crippen LogP contribution in [0.2, 0.25) is 0 Å². The number of anilines is 1. The van der Waals surface area contributed by atoms with E-state index in [9.17, 15) is 4.79 Å². The highest BCUT2D eigenvalue weighted by molar-refractivity contribution is 5.88. The molecule has 0 unspecified atom stereocenters. The minimum atomic E-state index is -0.868. The van der Waals surface area contributed by atoms with Crippen LogP contribution in [0, 0.1) is 6.92 Å². The van der Waals surface area contributed by atoms with Crippen molar-refractivity contribution in [2.24, 2.45) is 0 Å². The fourth-order valence-electron chi connectivity index (χ4n) is 2.48. The average Bonchev–Trinajstić information content (AvgIpc) is 2.46. The molecule has 1 aromatic carbocycles. The average molecular weight is 291 g/mol. The van der Waals surface area contributed by atoms with Crippen molar-refractivity contribution in [2.75, 3.05) is 11.9 Å². The van der Waals surface area contributed by atoms with Gasteiger partial charge >= 0.3 is 5.97 Å². The van der Waals surface area contributed by atoms with E-state index in [1.807, 2.05) is 13.0 Å². The van der Waals surface area contributed by atoms with Gasteiger partial charge in [-0.15, -0.1) is 0 Å². The number of hydrogen-bond donors (Lipinski definition) is 2. The van der Waals surface area contributed by atoms with Crippen molar-refractivity contribution in [3.8, 4) is 0 Å². The van der Waals surface area contributed by atoms with Gasteiger partial charge in [-0.2, -0.15) is 0 Å². The highest BCUT2D eigenvalue weighted by Gasteiger charge is 2.05. The summed E-state index contributed by atoms with van der Waals surface area (Å²) in [4.78, 5) is 10.9. The van der Waals surface area contributed by atoms with Crippen LogP contribution in [0.5, 0.6) is 0 Å². The van der Waals surface area contributed by atoms with Crippen molar-refractivity contribution in [2.45, 2.75) is 65.2 Å². The number of rotatable bonds is 11. The van der Waals surface area contributed by atoms with Gasteiger partial charge in [0.1, 0.15) is 0 Å². The molecule has 118 valence electrons. The van der Waals surface area contributed by atoms with Crippen LogP contribution in [-0.2, 0) is 0 Å². The highest BCUT2D eigenvalue weighted by atomic mass is 16.4. The summed E-state index contributed by atoms with van der Waals surface area (Å²) in [6.07, 6.45) is 10.5. The number of hydrogen-bond acceptors (Lipinski definition) is 2. The zero-order valence-electron chi connectivity index (χ0n) is 13.5. The second-order valence-electron chi connectivity index (χ2n) is 5.74. The molecule has 3 heteroatoms. The lowest BCUT2D eigenvalue weighted by Gasteiger charge is -2.10. The molecular weight excluding hydrogens is 262 g/mol. The first-order chi connectivity index (χ1) is 10.1. The van der Waals surface area contributed by atoms with Gasteiger partial charge in [0.05, 0.1) is 5.56 Å². The lowest BCUT2D eigenvalue weighted by atomic mass is 10.1. The maximum atomic E-state index is 10.9. The molecule has 3 nitrogen and oxygen atoms in total. The third kappa shape index (κ3) is 7.16. The Bertz CT molecular complexity index is 429. The molecule has 0 radical (unpaired) electrons. The van der Waals surface area contributed by atoms with Gasteiger partial charge in [-0.05, 0) is 37.1 Å². The predicted octanol–water partition coefficient (Wildman–Crippen LogP) is 5.25. The zero-order chi connectivity index (χ0) is 15.5. The predicted molar refractivity (Wildman–Crippen MR) is 89.2 cm³/mol. The summed E-state index contributed by atoms with van der Waals surface area (Å²) in [5.74, 6) is -0.868. The SMILES string of the molecule is CCCCCCCCCCNc1ccc(C(=O)O)cc1C. The number of aromatic carboxylic acids is 1. The van der Waals surface area contributed by atoms with E-state index in [1.165, 1.54) is 51.4 Å². The molecule has 0 spiro atoms. The van der Waals surface area contributed by atoms with Crippen LogP contribution in [0.25, 0.3) is 0 Å². The van der Waals surface area contributed by atoms with Gasteiger partial charge in [0.2, 0.25) is 0 Å². The van der Waals surface area contributed by atoms with Crippen LogP contribution in [0.3, 0.4) is 0 Å². The van der Waals surface area contributed by atoms with Crippen LogP contribution in [0.1, 0.15) is 74.2 Å². The summed E-state index contributed by atoms with van der Waals surface area (Å²) in [7, 11) is 0. The molecule has 1 rings (SSSR count). The Balaban J connectivity index is 2.14. The zero-order valence-corrected chi connectivity index (χ0v) is 13.5. The molecule has 0 aliphatic carbocycles. The van der Waals surface area contributed by atoms with E-state index in [2.05, 4.69) is 12.2 Å². The fourth-order valence-corrected chi connectivity index (χ4v) is 2.48. The topological polar surface area (TPSA) is 49.3 Å². The Kier molecular flexibility index (Phi) is 8.56. The number of unbranched alkanes of at least 4 members (excludes halogenated alkanes) is 7. The quantitative estimate of drug-likeness (QED) is 0.548. The first-order valence-electron chi connectivity index (χ1n) is 8.23. The molecule has 2 N–H and O–H groups in total. The fraction of sp³-hybridized carbons (Fsp3) is 0.611. The van der Waals surface area contributed by atoms with Gasteiger partial charge < -0.3 is 10.4 Å². The first-order valence-corrected chi connectivity index (χ1v) is 8.23. The Hall–Kier alpha value is -1.51. The summed E-state index contributed by atoms with van der Waals surface area (Å²) >= 11 is 0.